The van der Waals surface area contributed by atoms with Crippen LogP contribution in [0.25, 0.3) is 10.9 Å². The van der Waals surface area contributed by atoms with E-state index < -0.39 is 11.9 Å². The van der Waals surface area contributed by atoms with E-state index in [1.165, 1.54) is 0 Å². The number of nitrogens with one attached hydrogen (secondary N) is 2. The molecule has 7 nitrogen and oxygen atoms in total. The van der Waals surface area contributed by atoms with Gasteiger partial charge in [-0.1, -0.05) is 6.07 Å². The minimum Gasteiger partial charge on any atom is -0.480 e. The molecule has 25 heavy (non-hydrogen) atoms. The van der Waals surface area contributed by atoms with Crippen molar-refractivity contribution in [2.75, 3.05) is 11.9 Å². The highest BCUT2D eigenvalue weighted by Crippen LogP contribution is 2.31. The number of rotatable bonds is 4. The zero-order valence-corrected chi connectivity index (χ0v) is 14.4. The highest BCUT2D eigenvalue weighted by atomic mass is 35.5. The molecule has 1 aliphatic rings. The predicted octanol–water partition coefficient (Wildman–Crippen LogP) is 1.98. The number of carbonyl (C=O) groups is 3. The maximum absolute atomic E-state index is 12.1. The lowest BCUT2D eigenvalue weighted by molar-refractivity contribution is -0.135. The Hall–Kier alpha value is -2.67. The molecular formula is C17H18ClN3O4. The number of amides is 2. The molecule has 8 heteroatoms. The Bertz CT molecular complexity index is 853. The molecule has 2 aromatic rings. The van der Waals surface area contributed by atoms with Crippen molar-refractivity contribution < 1.29 is 19.5 Å². The molecule has 132 valence electrons. The molecule has 0 radical (unpaired) electrons. The lowest BCUT2D eigenvalue weighted by Crippen LogP contribution is -2.39. The fourth-order valence-electron chi connectivity index (χ4n) is 2.98. The first-order valence-corrected chi connectivity index (χ1v) is 7.65. The second kappa shape index (κ2) is 7.48. The SMILES string of the molecule is Cc1nc2cccc(NCC(=O)O)c2cc1C1CCC(=O)NC1=O.Cl. The molecule has 1 aliphatic heterocycles. The minimum atomic E-state index is -0.961. The Morgan fingerprint density at radius 3 is 2.84 bits per heavy atom. The van der Waals surface area contributed by atoms with E-state index in [1.807, 2.05) is 19.1 Å². The van der Waals surface area contributed by atoms with Gasteiger partial charge in [0.15, 0.2) is 0 Å². The van der Waals surface area contributed by atoms with Gasteiger partial charge in [0.2, 0.25) is 11.8 Å². The number of nitrogens with zero attached hydrogens (tertiary/aromatic N) is 1. The Balaban J connectivity index is 0.00000225. The lowest BCUT2D eigenvalue weighted by Gasteiger charge is -2.23. The van der Waals surface area contributed by atoms with Gasteiger partial charge in [-0.3, -0.25) is 24.7 Å². The average Bonchev–Trinajstić information content (AvgIpc) is 2.52. The predicted molar refractivity (Wildman–Crippen MR) is 95.0 cm³/mol. The van der Waals surface area contributed by atoms with Crippen molar-refractivity contribution in [1.29, 1.82) is 0 Å². The zero-order valence-electron chi connectivity index (χ0n) is 13.5. The van der Waals surface area contributed by atoms with E-state index in [9.17, 15) is 14.4 Å². The molecule has 0 aliphatic carbocycles. The molecule has 0 bridgehead atoms. The molecular weight excluding hydrogens is 346 g/mol. The quantitative estimate of drug-likeness (QED) is 0.717. The Labute approximate surface area is 150 Å². The first-order valence-electron chi connectivity index (χ1n) is 7.65. The average molecular weight is 364 g/mol. The molecule has 0 saturated carbocycles. The monoisotopic (exact) mass is 363 g/mol. The summed E-state index contributed by atoms with van der Waals surface area (Å²) >= 11 is 0. The highest BCUT2D eigenvalue weighted by molar-refractivity contribution is 6.02. The summed E-state index contributed by atoms with van der Waals surface area (Å²) in [6, 6.07) is 7.27. The van der Waals surface area contributed by atoms with E-state index >= 15 is 0 Å². The number of pyridine rings is 1. The maximum atomic E-state index is 12.1. The summed E-state index contributed by atoms with van der Waals surface area (Å²) < 4.78 is 0. The summed E-state index contributed by atoms with van der Waals surface area (Å²) in [5.74, 6) is -1.96. The van der Waals surface area contributed by atoms with Gasteiger partial charge in [-0.25, -0.2) is 0 Å². The summed E-state index contributed by atoms with van der Waals surface area (Å²) in [5.41, 5.74) is 2.86. The highest BCUT2D eigenvalue weighted by Gasteiger charge is 2.29. The van der Waals surface area contributed by atoms with E-state index in [4.69, 9.17) is 5.11 Å². The van der Waals surface area contributed by atoms with Gasteiger partial charge >= 0.3 is 5.97 Å². The van der Waals surface area contributed by atoms with Crippen molar-refractivity contribution in [3.05, 3.63) is 35.5 Å². The Kier molecular flexibility index (Phi) is 5.58. The van der Waals surface area contributed by atoms with Crippen molar-refractivity contribution in [1.82, 2.24) is 10.3 Å². The van der Waals surface area contributed by atoms with Gasteiger partial charge in [0.05, 0.1) is 11.4 Å². The van der Waals surface area contributed by atoms with Crippen LogP contribution in [0.1, 0.15) is 30.0 Å². The van der Waals surface area contributed by atoms with Gasteiger partial charge in [0, 0.05) is 23.2 Å². The number of fused-ring (bicyclic) bond motifs is 1. The number of hydrogen-bond donors (Lipinski definition) is 3. The molecule has 3 rings (SSSR count). The molecule has 1 saturated heterocycles. The first kappa shape index (κ1) is 18.7. The number of carboxylic acid groups (broad SMARTS) is 1. The lowest BCUT2D eigenvalue weighted by atomic mass is 9.88. The van der Waals surface area contributed by atoms with Crippen molar-refractivity contribution in [2.45, 2.75) is 25.7 Å². The van der Waals surface area contributed by atoms with E-state index in [2.05, 4.69) is 15.6 Å². The van der Waals surface area contributed by atoms with Crippen molar-refractivity contribution in [2.24, 2.45) is 0 Å². The molecule has 1 aromatic carbocycles. The van der Waals surface area contributed by atoms with Crippen LogP contribution in [0, 0.1) is 6.92 Å². The zero-order chi connectivity index (χ0) is 17.3. The molecule has 1 fully saturated rings. The second-order valence-electron chi connectivity index (χ2n) is 5.79. The van der Waals surface area contributed by atoms with Gasteiger partial charge in [0.1, 0.15) is 6.54 Å². The molecule has 3 N–H and O–H groups in total. The van der Waals surface area contributed by atoms with Crippen molar-refractivity contribution in [3.63, 3.8) is 0 Å². The summed E-state index contributed by atoms with van der Waals surface area (Å²) in [5, 5.41) is 14.8. The smallest absolute Gasteiger partial charge is 0.322 e. The molecule has 2 heterocycles. The summed E-state index contributed by atoms with van der Waals surface area (Å²) in [4.78, 5) is 38.8. The van der Waals surface area contributed by atoms with Crippen LogP contribution >= 0.6 is 12.4 Å². The van der Waals surface area contributed by atoms with Crippen molar-refractivity contribution >= 4 is 46.8 Å². The number of aryl methyl sites for hydroxylation is 1. The number of benzene rings is 1. The first-order chi connectivity index (χ1) is 11.5. The number of carboxylic acids is 1. The van der Waals surface area contributed by atoms with E-state index in [1.54, 1.807) is 12.1 Å². The number of aliphatic carboxylic acids is 1. The number of hydrogen-bond acceptors (Lipinski definition) is 5. The van der Waals surface area contributed by atoms with Gasteiger partial charge in [-0.15, -0.1) is 12.4 Å². The Morgan fingerprint density at radius 1 is 1.40 bits per heavy atom. The summed E-state index contributed by atoms with van der Waals surface area (Å²) in [6.07, 6.45) is 0.746. The third-order valence-corrected chi connectivity index (χ3v) is 4.13. The molecule has 1 unspecified atom stereocenters. The number of imide groups is 1. The van der Waals surface area contributed by atoms with E-state index in [-0.39, 0.29) is 30.8 Å². The van der Waals surface area contributed by atoms with Crippen LogP contribution in [0.5, 0.6) is 0 Å². The van der Waals surface area contributed by atoms with Crippen LogP contribution in [-0.4, -0.2) is 34.4 Å². The third kappa shape index (κ3) is 3.88. The standard InChI is InChI=1S/C17H17N3O4.ClH/c1-9-11(10-5-6-15(21)20-17(10)24)7-12-13(18-8-16(22)23)3-2-4-14(12)19-9;/h2-4,7,10,18H,5-6,8H2,1H3,(H,22,23)(H,20,21,24);1H. The van der Waals surface area contributed by atoms with Crippen LogP contribution in [0.3, 0.4) is 0 Å². The van der Waals surface area contributed by atoms with Gasteiger partial charge < -0.3 is 10.4 Å². The fraction of sp³-hybridized carbons (Fsp3) is 0.294. The summed E-state index contributed by atoms with van der Waals surface area (Å²) in [7, 11) is 0. The van der Waals surface area contributed by atoms with E-state index in [0.717, 1.165) is 22.2 Å². The number of aromatic nitrogens is 1. The normalized spacial score (nSPS) is 16.9. The van der Waals surface area contributed by atoms with Crippen LogP contribution in [0.15, 0.2) is 24.3 Å². The molecule has 0 spiro atoms. The fourth-order valence-corrected chi connectivity index (χ4v) is 2.98. The summed E-state index contributed by atoms with van der Waals surface area (Å²) in [6.45, 7) is 1.62. The van der Waals surface area contributed by atoms with Gasteiger partial charge in [-0.05, 0) is 37.1 Å². The minimum absolute atomic E-state index is 0. The number of halogens is 1. The topological polar surface area (TPSA) is 108 Å². The van der Waals surface area contributed by atoms with Crippen LogP contribution in [0.4, 0.5) is 5.69 Å². The molecule has 1 aromatic heterocycles. The number of anilines is 1. The van der Waals surface area contributed by atoms with Gasteiger partial charge in [0.25, 0.3) is 0 Å². The molecule has 1 atom stereocenters. The number of carbonyl (C=O) groups excluding carboxylic acids is 2. The maximum Gasteiger partial charge on any atom is 0.322 e. The van der Waals surface area contributed by atoms with Crippen LogP contribution in [0.2, 0.25) is 0 Å². The van der Waals surface area contributed by atoms with Crippen LogP contribution in [-0.2, 0) is 14.4 Å². The molecule has 2 amide bonds. The third-order valence-electron chi connectivity index (χ3n) is 4.13. The largest absolute Gasteiger partial charge is 0.480 e. The van der Waals surface area contributed by atoms with Crippen LogP contribution < -0.4 is 10.6 Å². The number of piperidine rings is 1. The van der Waals surface area contributed by atoms with Crippen molar-refractivity contribution in [3.8, 4) is 0 Å². The Morgan fingerprint density at radius 2 is 2.16 bits per heavy atom. The second-order valence-corrected chi connectivity index (χ2v) is 5.79. The van der Waals surface area contributed by atoms with E-state index in [0.29, 0.717) is 18.5 Å². The van der Waals surface area contributed by atoms with Gasteiger partial charge in [-0.2, -0.15) is 0 Å².